The van der Waals surface area contributed by atoms with E-state index in [0.717, 1.165) is 4.90 Å². The Morgan fingerprint density at radius 3 is 2.83 bits per heavy atom. The number of hydrogen-bond donors (Lipinski definition) is 0. The van der Waals surface area contributed by atoms with Gasteiger partial charge in [0.2, 0.25) is 5.91 Å². The molecule has 0 fully saturated rings. The first-order chi connectivity index (χ1) is 11.0. The topological polar surface area (TPSA) is 38.8 Å². The molecule has 1 amide bonds. The summed E-state index contributed by atoms with van der Waals surface area (Å²) < 4.78 is 49.6. The first-order valence-corrected chi connectivity index (χ1v) is 8.04. The molecule has 0 N–H and O–H groups in total. The number of alkyl halides is 3. The highest BCUT2D eigenvalue weighted by Gasteiger charge is 2.33. The van der Waals surface area contributed by atoms with Crippen molar-refractivity contribution in [3.05, 3.63) is 35.7 Å². The molecule has 23 heavy (non-hydrogen) atoms. The van der Waals surface area contributed by atoms with Gasteiger partial charge in [0.1, 0.15) is 11.6 Å². The van der Waals surface area contributed by atoms with Gasteiger partial charge in [-0.15, -0.1) is 0 Å². The van der Waals surface area contributed by atoms with Crippen LogP contribution in [-0.2, 0) is 9.53 Å². The van der Waals surface area contributed by atoms with Crippen molar-refractivity contribution < 1.29 is 27.4 Å². The number of ether oxygens (including phenoxy) is 2. The number of halogens is 4. The van der Waals surface area contributed by atoms with E-state index in [0.29, 0.717) is 6.42 Å². The molecule has 8 heteroatoms. The second-order valence-corrected chi connectivity index (χ2v) is 6.30. The normalized spacial score (nSPS) is 18.3. The Balaban J connectivity index is 2.47. The van der Waals surface area contributed by atoms with Crippen LogP contribution in [0.25, 0.3) is 5.70 Å². The van der Waals surface area contributed by atoms with Crippen LogP contribution >= 0.6 is 22.6 Å². The van der Waals surface area contributed by atoms with E-state index in [-0.39, 0.29) is 23.8 Å². The van der Waals surface area contributed by atoms with Crippen molar-refractivity contribution in [2.24, 2.45) is 0 Å². The van der Waals surface area contributed by atoms with Crippen molar-refractivity contribution in [3.63, 3.8) is 0 Å². The fourth-order valence-electron chi connectivity index (χ4n) is 2.27. The molecule has 4 nitrogen and oxygen atoms in total. The van der Waals surface area contributed by atoms with Gasteiger partial charge in [-0.1, -0.05) is 34.7 Å². The van der Waals surface area contributed by atoms with Gasteiger partial charge in [0.25, 0.3) is 6.43 Å². The van der Waals surface area contributed by atoms with E-state index in [1.165, 1.54) is 25.3 Å². The smallest absolute Gasteiger partial charge is 0.256 e. The third-order valence-corrected chi connectivity index (χ3v) is 4.27. The number of rotatable bonds is 6. The number of carbonyl (C=O) groups is 1. The van der Waals surface area contributed by atoms with E-state index in [2.05, 4.69) is 0 Å². The molecular formula is C15H15F3INO3. The molecule has 0 spiro atoms. The molecule has 126 valence electrons. The number of methoxy groups -OCH3 is 1. The Hall–Kier alpha value is -1.29. The van der Waals surface area contributed by atoms with Crippen molar-refractivity contribution in [3.8, 4) is 5.75 Å². The lowest BCUT2D eigenvalue weighted by Gasteiger charge is -2.32. The van der Waals surface area contributed by atoms with Crippen molar-refractivity contribution in [2.75, 3.05) is 20.4 Å². The van der Waals surface area contributed by atoms with Gasteiger partial charge in [-0.05, 0) is 18.6 Å². The molecule has 1 aromatic carbocycles. The van der Waals surface area contributed by atoms with Crippen molar-refractivity contribution in [1.29, 1.82) is 0 Å². The van der Waals surface area contributed by atoms with Gasteiger partial charge in [0, 0.05) is 7.11 Å². The van der Waals surface area contributed by atoms with E-state index in [9.17, 15) is 18.0 Å². The molecule has 1 aliphatic rings. The van der Waals surface area contributed by atoms with Gasteiger partial charge in [0.15, 0.2) is 6.79 Å². The van der Waals surface area contributed by atoms with Gasteiger partial charge in [0.05, 0.1) is 21.7 Å². The number of benzene rings is 1. The highest BCUT2D eigenvalue weighted by atomic mass is 127. The fourth-order valence-corrected chi connectivity index (χ4v) is 2.86. The molecule has 0 radical (unpaired) electrons. The van der Waals surface area contributed by atoms with Crippen LogP contribution in [0.15, 0.2) is 24.3 Å². The van der Waals surface area contributed by atoms with E-state index in [4.69, 9.17) is 9.47 Å². The van der Waals surface area contributed by atoms with E-state index in [1.807, 2.05) is 22.6 Å². The minimum Gasteiger partial charge on any atom is -0.467 e. The van der Waals surface area contributed by atoms with Gasteiger partial charge in [-0.2, -0.15) is 0 Å². The van der Waals surface area contributed by atoms with Crippen LogP contribution in [0.4, 0.5) is 13.2 Å². The third-order valence-electron chi connectivity index (χ3n) is 3.23. The zero-order chi connectivity index (χ0) is 17.0. The summed E-state index contributed by atoms with van der Waals surface area (Å²) in [5.74, 6) is -0.981. The number of nitrogens with zero attached hydrogens (tertiary/aromatic N) is 1. The summed E-state index contributed by atoms with van der Waals surface area (Å²) >= 11 is 1.89. The molecule has 0 saturated carbocycles. The van der Waals surface area contributed by atoms with E-state index >= 15 is 0 Å². The van der Waals surface area contributed by atoms with Crippen LogP contribution in [-0.4, -0.2) is 41.6 Å². The molecule has 1 aromatic rings. The van der Waals surface area contributed by atoms with Gasteiger partial charge < -0.3 is 14.4 Å². The average Bonchev–Trinajstić information content (AvgIpc) is 2.50. The van der Waals surface area contributed by atoms with Crippen LogP contribution in [0, 0.1) is 5.82 Å². The minimum atomic E-state index is -2.72. The third kappa shape index (κ3) is 4.17. The highest BCUT2D eigenvalue weighted by Crippen LogP contribution is 2.36. The maximum absolute atomic E-state index is 14.3. The Labute approximate surface area is 145 Å². The van der Waals surface area contributed by atoms with E-state index in [1.54, 1.807) is 6.08 Å². The summed E-state index contributed by atoms with van der Waals surface area (Å²) in [6, 6.07) is 4.13. The zero-order valence-electron chi connectivity index (χ0n) is 12.3. The Morgan fingerprint density at radius 1 is 1.43 bits per heavy atom. The largest absolute Gasteiger partial charge is 0.467 e. The van der Waals surface area contributed by atoms with Gasteiger partial charge in [-0.3, -0.25) is 4.79 Å². The SMILES string of the molecule is COCOc1cccc(F)c1C1=CCC(I)C(=O)N1CC(F)F. The average molecular weight is 441 g/mol. The van der Waals surface area contributed by atoms with E-state index < -0.39 is 28.6 Å². The number of amides is 1. The number of allylic oxidation sites excluding steroid dienone is 1. The maximum Gasteiger partial charge on any atom is 0.256 e. The van der Waals surface area contributed by atoms with Crippen LogP contribution in [0.5, 0.6) is 5.75 Å². The summed E-state index contributed by atoms with van der Waals surface area (Å²) in [6.45, 7) is -0.913. The van der Waals surface area contributed by atoms with Gasteiger partial charge in [-0.25, -0.2) is 13.2 Å². The molecule has 0 bridgehead atoms. The lowest BCUT2D eigenvalue weighted by Crippen LogP contribution is -2.41. The monoisotopic (exact) mass is 441 g/mol. The standard InChI is InChI=1S/C15H15F3INO3/c1-22-8-23-12-4-2-3-9(16)14(12)11-6-5-10(19)15(21)20(11)7-13(17)18/h2-4,6,10,13H,5,7-8H2,1H3. The first kappa shape index (κ1) is 18.1. The van der Waals surface area contributed by atoms with Crippen LogP contribution in [0.3, 0.4) is 0 Å². The minimum absolute atomic E-state index is 0.0122. The Morgan fingerprint density at radius 2 is 2.17 bits per heavy atom. The summed E-state index contributed by atoms with van der Waals surface area (Å²) in [4.78, 5) is 13.2. The second-order valence-electron chi connectivity index (χ2n) is 4.80. The molecule has 0 saturated heterocycles. The van der Waals surface area contributed by atoms with Gasteiger partial charge >= 0.3 is 0 Å². The predicted molar refractivity (Wildman–Crippen MR) is 87.0 cm³/mol. The summed E-state index contributed by atoms with van der Waals surface area (Å²) in [5.41, 5.74) is 0.0919. The Kier molecular flexibility index (Phi) is 6.28. The van der Waals surface area contributed by atoms with Crippen molar-refractivity contribution in [2.45, 2.75) is 16.8 Å². The molecule has 1 unspecified atom stereocenters. The van der Waals surface area contributed by atoms with Crippen LogP contribution in [0.1, 0.15) is 12.0 Å². The lowest BCUT2D eigenvalue weighted by molar-refractivity contribution is -0.128. The first-order valence-electron chi connectivity index (χ1n) is 6.80. The van der Waals surface area contributed by atoms with Crippen LogP contribution in [0.2, 0.25) is 0 Å². The second kappa shape index (κ2) is 8.00. The highest BCUT2D eigenvalue weighted by molar-refractivity contribution is 14.1. The molecule has 0 aromatic heterocycles. The maximum atomic E-state index is 14.3. The summed E-state index contributed by atoms with van der Waals surface area (Å²) in [5, 5.41) is 0. The van der Waals surface area contributed by atoms with Crippen molar-refractivity contribution in [1.82, 2.24) is 4.90 Å². The Bertz CT molecular complexity index is 610. The molecule has 1 atom stereocenters. The number of carbonyl (C=O) groups excluding carboxylic acids is 1. The lowest BCUT2D eigenvalue weighted by atomic mass is 10.0. The zero-order valence-corrected chi connectivity index (χ0v) is 14.4. The summed E-state index contributed by atoms with van der Waals surface area (Å²) in [6.07, 6.45) is -0.801. The molecule has 1 heterocycles. The molecular weight excluding hydrogens is 426 g/mol. The molecule has 1 aliphatic heterocycles. The van der Waals surface area contributed by atoms with Crippen molar-refractivity contribution >= 4 is 34.2 Å². The fraction of sp³-hybridized carbons (Fsp3) is 0.400. The quantitative estimate of drug-likeness (QED) is 0.386. The summed E-state index contributed by atoms with van der Waals surface area (Å²) in [7, 11) is 1.41. The predicted octanol–water partition coefficient (Wildman–Crippen LogP) is 3.45. The molecule has 0 aliphatic carbocycles. The van der Waals surface area contributed by atoms with Crippen LogP contribution < -0.4 is 4.74 Å². The number of hydrogen-bond acceptors (Lipinski definition) is 3. The molecule has 2 rings (SSSR count).